The van der Waals surface area contributed by atoms with Crippen LogP contribution in [0.1, 0.15) is 36.9 Å². The van der Waals surface area contributed by atoms with Crippen LogP contribution in [-0.2, 0) is 6.42 Å². The van der Waals surface area contributed by atoms with E-state index in [0.717, 1.165) is 18.9 Å². The van der Waals surface area contributed by atoms with Crippen molar-refractivity contribution in [2.45, 2.75) is 32.1 Å². The van der Waals surface area contributed by atoms with Crippen molar-refractivity contribution in [1.82, 2.24) is 10.2 Å². The van der Waals surface area contributed by atoms with Gasteiger partial charge in [0.15, 0.2) is 0 Å². The van der Waals surface area contributed by atoms with E-state index in [1.165, 1.54) is 24.1 Å². The smallest absolute Gasteiger partial charge is 0.0522 e. The molecule has 0 amide bonds. The molecule has 0 radical (unpaired) electrons. The molecule has 0 spiro atoms. The summed E-state index contributed by atoms with van der Waals surface area (Å²) in [5.41, 5.74) is 8.35. The fourth-order valence-electron chi connectivity index (χ4n) is 2.32. The van der Waals surface area contributed by atoms with Crippen molar-refractivity contribution >= 4 is 0 Å². The van der Waals surface area contributed by atoms with E-state index in [0.29, 0.717) is 5.92 Å². The lowest BCUT2D eigenvalue weighted by Crippen LogP contribution is -2.20. The molecule has 1 aromatic heterocycles. The summed E-state index contributed by atoms with van der Waals surface area (Å²) in [6.07, 6.45) is 5.49. The molecule has 3 N–H and O–H groups in total. The van der Waals surface area contributed by atoms with Crippen LogP contribution < -0.4 is 5.73 Å². The summed E-state index contributed by atoms with van der Waals surface area (Å²) in [6, 6.07) is 0. The summed E-state index contributed by atoms with van der Waals surface area (Å²) >= 11 is 0. The van der Waals surface area contributed by atoms with Gasteiger partial charge in [-0.3, -0.25) is 5.10 Å². The highest BCUT2D eigenvalue weighted by atomic mass is 15.1. The highest BCUT2D eigenvalue weighted by molar-refractivity contribution is 5.24. The maximum atomic E-state index is 5.61. The zero-order valence-corrected chi connectivity index (χ0v) is 8.09. The maximum Gasteiger partial charge on any atom is 0.0522 e. The van der Waals surface area contributed by atoms with Gasteiger partial charge in [-0.2, -0.15) is 5.10 Å². The first-order valence-corrected chi connectivity index (χ1v) is 5.05. The van der Waals surface area contributed by atoms with Gasteiger partial charge in [-0.1, -0.05) is 6.92 Å². The molecule has 1 aliphatic carbocycles. The summed E-state index contributed by atoms with van der Waals surface area (Å²) in [7, 11) is 0. The van der Waals surface area contributed by atoms with E-state index in [9.17, 15) is 0 Å². The number of hydrogen-bond donors (Lipinski definition) is 2. The van der Waals surface area contributed by atoms with Gasteiger partial charge in [-0.05, 0) is 37.3 Å². The van der Waals surface area contributed by atoms with Gasteiger partial charge >= 0.3 is 0 Å². The van der Waals surface area contributed by atoms with Gasteiger partial charge in [0.1, 0.15) is 0 Å². The molecular weight excluding hydrogens is 162 g/mol. The lowest BCUT2D eigenvalue weighted by Gasteiger charge is -2.27. The van der Waals surface area contributed by atoms with Crippen molar-refractivity contribution in [1.29, 1.82) is 0 Å². The van der Waals surface area contributed by atoms with Crippen molar-refractivity contribution in [3.05, 3.63) is 17.5 Å². The van der Waals surface area contributed by atoms with E-state index < -0.39 is 0 Å². The molecule has 3 nitrogen and oxygen atoms in total. The fourth-order valence-corrected chi connectivity index (χ4v) is 2.32. The summed E-state index contributed by atoms with van der Waals surface area (Å²) in [5.74, 6) is 1.35. The maximum absolute atomic E-state index is 5.61. The molecule has 2 unspecified atom stereocenters. The van der Waals surface area contributed by atoms with Crippen molar-refractivity contribution in [2.75, 3.05) is 6.54 Å². The second-order valence-electron chi connectivity index (χ2n) is 4.01. The van der Waals surface area contributed by atoms with Gasteiger partial charge in [0.25, 0.3) is 0 Å². The molecule has 1 aliphatic rings. The molecule has 1 heterocycles. The highest BCUT2D eigenvalue weighted by Crippen LogP contribution is 2.36. The van der Waals surface area contributed by atoms with Gasteiger partial charge < -0.3 is 5.73 Å². The van der Waals surface area contributed by atoms with Crippen molar-refractivity contribution in [3.63, 3.8) is 0 Å². The summed E-state index contributed by atoms with van der Waals surface area (Å²) in [4.78, 5) is 0. The van der Waals surface area contributed by atoms with E-state index >= 15 is 0 Å². The number of H-pyrrole nitrogens is 1. The minimum absolute atomic E-state index is 0.608. The van der Waals surface area contributed by atoms with Crippen LogP contribution in [0.4, 0.5) is 0 Å². The third-order valence-corrected chi connectivity index (χ3v) is 3.16. The van der Waals surface area contributed by atoms with Crippen LogP contribution in [0.15, 0.2) is 6.20 Å². The Morgan fingerprint density at radius 3 is 3.31 bits per heavy atom. The van der Waals surface area contributed by atoms with Gasteiger partial charge in [0, 0.05) is 11.6 Å². The molecule has 0 fully saturated rings. The molecule has 0 saturated carbocycles. The third-order valence-electron chi connectivity index (χ3n) is 3.16. The zero-order valence-electron chi connectivity index (χ0n) is 8.09. The molecule has 3 heteroatoms. The van der Waals surface area contributed by atoms with Crippen molar-refractivity contribution in [2.24, 2.45) is 11.7 Å². The topological polar surface area (TPSA) is 54.7 Å². The Hall–Kier alpha value is -0.830. The lowest BCUT2D eigenvalue weighted by molar-refractivity contribution is 0.380. The number of aromatic amines is 1. The molecular formula is C10H17N3. The number of fused-ring (bicyclic) bond motifs is 1. The average molecular weight is 179 g/mol. The van der Waals surface area contributed by atoms with Crippen LogP contribution in [0.5, 0.6) is 0 Å². The second kappa shape index (κ2) is 3.50. The molecule has 0 aliphatic heterocycles. The molecule has 1 aromatic rings. The van der Waals surface area contributed by atoms with Crippen LogP contribution in [-0.4, -0.2) is 16.7 Å². The quantitative estimate of drug-likeness (QED) is 0.721. The predicted octanol–water partition coefficient (Wildman–Crippen LogP) is 1.42. The van der Waals surface area contributed by atoms with Gasteiger partial charge in [0.05, 0.1) is 6.20 Å². The largest absolute Gasteiger partial charge is 0.330 e. The SMILES string of the molecule is CC1CCc2cn[nH]c2C1CCN. The standard InChI is InChI=1S/C10H17N3/c1-7-2-3-8-6-12-13-10(8)9(7)4-5-11/h6-7,9H,2-5,11H2,1H3,(H,12,13). The number of aromatic nitrogens is 2. The molecule has 0 bridgehead atoms. The molecule has 0 aromatic carbocycles. The Labute approximate surface area is 78.7 Å². The Balaban J connectivity index is 2.25. The Kier molecular flexibility index (Phi) is 2.36. The number of nitrogens with zero attached hydrogens (tertiary/aromatic N) is 1. The Morgan fingerprint density at radius 1 is 1.69 bits per heavy atom. The van der Waals surface area contributed by atoms with E-state index in [1.807, 2.05) is 6.20 Å². The Bertz CT molecular complexity index is 279. The zero-order chi connectivity index (χ0) is 9.26. The lowest BCUT2D eigenvalue weighted by atomic mass is 9.78. The van der Waals surface area contributed by atoms with Crippen LogP contribution in [0.3, 0.4) is 0 Å². The van der Waals surface area contributed by atoms with Crippen LogP contribution in [0.25, 0.3) is 0 Å². The summed E-state index contributed by atoms with van der Waals surface area (Å²) < 4.78 is 0. The van der Waals surface area contributed by atoms with Gasteiger partial charge in [0.2, 0.25) is 0 Å². The van der Waals surface area contributed by atoms with E-state index in [2.05, 4.69) is 17.1 Å². The first-order chi connectivity index (χ1) is 6.33. The monoisotopic (exact) mass is 179 g/mol. The highest BCUT2D eigenvalue weighted by Gasteiger charge is 2.27. The minimum Gasteiger partial charge on any atom is -0.330 e. The van der Waals surface area contributed by atoms with Crippen molar-refractivity contribution < 1.29 is 0 Å². The first-order valence-electron chi connectivity index (χ1n) is 5.05. The fraction of sp³-hybridized carbons (Fsp3) is 0.700. The molecule has 0 saturated heterocycles. The molecule has 13 heavy (non-hydrogen) atoms. The van der Waals surface area contributed by atoms with E-state index in [-0.39, 0.29) is 0 Å². The summed E-state index contributed by atoms with van der Waals surface area (Å²) in [6.45, 7) is 3.08. The first kappa shape index (κ1) is 8.75. The van der Waals surface area contributed by atoms with Crippen LogP contribution in [0.2, 0.25) is 0 Å². The van der Waals surface area contributed by atoms with Gasteiger partial charge in [-0.15, -0.1) is 0 Å². The third kappa shape index (κ3) is 1.48. The van der Waals surface area contributed by atoms with Crippen LogP contribution >= 0.6 is 0 Å². The van der Waals surface area contributed by atoms with Crippen LogP contribution in [0, 0.1) is 5.92 Å². The number of aryl methyl sites for hydroxylation is 1. The Morgan fingerprint density at radius 2 is 2.54 bits per heavy atom. The number of nitrogens with two attached hydrogens (primary N) is 1. The summed E-state index contributed by atoms with van der Waals surface area (Å²) in [5, 5.41) is 7.22. The van der Waals surface area contributed by atoms with Gasteiger partial charge in [-0.25, -0.2) is 0 Å². The predicted molar refractivity (Wildman–Crippen MR) is 52.5 cm³/mol. The van der Waals surface area contributed by atoms with E-state index in [1.54, 1.807) is 0 Å². The second-order valence-corrected chi connectivity index (χ2v) is 4.01. The number of rotatable bonds is 2. The molecule has 2 rings (SSSR count). The average Bonchev–Trinajstić information content (AvgIpc) is 2.58. The number of nitrogens with one attached hydrogen (secondary N) is 1. The number of hydrogen-bond acceptors (Lipinski definition) is 2. The minimum atomic E-state index is 0.608. The van der Waals surface area contributed by atoms with Crippen molar-refractivity contribution in [3.8, 4) is 0 Å². The molecule has 72 valence electrons. The normalized spacial score (nSPS) is 27.2. The molecule has 2 atom stereocenters. The van der Waals surface area contributed by atoms with E-state index in [4.69, 9.17) is 5.73 Å².